The summed E-state index contributed by atoms with van der Waals surface area (Å²) in [5.41, 5.74) is 3.30. The van der Waals surface area contributed by atoms with Crippen molar-refractivity contribution >= 4 is 0 Å². The van der Waals surface area contributed by atoms with Gasteiger partial charge in [0.1, 0.15) is 0 Å². The summed E-state index contributed by atoms with van der Waals surface area (Å²) in [6.45, 7) is 5.36. The second kappa shape index (κ2) is 5.48. The molecular formula is C14H17F2N3. The van der Waals surface area contributed by atoms with Crippen LogP contribution in [0.25, 0.3) is 11.1 Å². The number of hydrogen-bond acceptors (Lipinski definition) is 2. The van der Waals surface area contributed by atoms with Gasteiger partial charge >= 0.3 is 0 Å². The molecule has 1 aromatic heterocycles. The topological polar surface area (TPSA) is 29.9 Å². The number of aromatic nitrogens is 2. The summed E-state index contributed by atoms with van der Waals surface area (Å²) in [6, 6.07) is 3.95. The minimum Gasteiger partial charge on any atom is -0.318 e. The summed E-state index contributed by atoms with van der Waals surface area (Å²) in [5, 5.41) is 7.49. The molecule has 5 heteroatoms. The Hall–Kier alpha value is -1.75. The highest BCUT2D eigenvalue weighted by Gasteiger charge is 2.14. The fraction of sp³-hybridized carbons (Fsp3) is 0.357. The largest absolute Gasteiger partial charge is 0.318 e. The van der Waals surface area contributed by atoms with Crippen LogP contribution in [0.2, 0.25) is 0 Å². The smallest absolute Gasteiger partial charge is 0.159 e. The van der Waals surface area contributed by atoms with Crippen molar-refractivity contribution in [3.05, 3.63) is 41.2 Å². The lowest BCUT2D eigenvalue weighted by Gasteiger charge is -2.05. The molecule has 102 valence electrons. The van der Waals surface area contributed by atoms with Crippen LogP contribution in [-0.4, -0.2) is 23.4 Å². The number of likely N-dealkylation sites (N-methyl/N-ethyl adjacent to an activating group) is 1. The molecule has 0 saturated carbocycles. The van der Waals surface area contributed by atoms with Crippen LogP contribution < -0.4 is 5.32 Å². The zero-order valence-electron chi connectivity index (χ0n) is 11.3. The third kappa shape index (κ3) is 2.66. The van der Waals surface area contributed by atoms with E-state index in [1.165, 1.54) is 6.07 Å². The molecule has 0 amide bonds. The molecule has 0 bridgehead atoms. The summed E-state index contributed by atoms with van der Waals surface area (Å²) in [4.78, 5) is 0. The van der Waals surface area contributed by atoms with Gasteiger partial charge in [0.05, 0.1) is 12.2 Å². The fourth-order valence-corrected chi connectivity index (χ4v) is 2.20. The number of aryl methyl sites for hydroxylation is 1. The van der Waals surface area contributed by atoms with Gasteiger partial charge < -0.3 is 5.32 Å². The van der Waals surface area contributed by atoms with Gasteiger partial charge in [0, 0.05) is 17.8 Å². The summed E-state index contributed by atoms with van der Waals surface area (Å²) in [5.74, 6) is -1.67. The number of halogens is 2. The first-order valence-electron chi connectivity index (χ1n) is 6.18. The monoisotopic (exact) mass is 265 g/mol. The summed E-state index contributed by atoms with van der Waals surface area (Å²) in [6.07, 6.45) is 0. The molecule has 0 radical (unpaired) electrons. The van der Waals surface area contributed by atoms with Gasteiger partial charge in [0.2, 0.25) is 0 Å². The second-order valence-electron chi connectivity index (χ2n) is 4.50. The molecule has 1 N–H and O–H groups in total. The molecule has 0 aliphatic rings. The van der Waals surface area contributed by atoms with Crippen LogP contribution in [0.3, 0.4) is 0 Å². The zero-order chi connectivity index (χ0) is 14.0. The lowest BCUT2D eigenvalue weighted by atomic mass is 10.0. The third-order valence-corrected chi connectivity index (χ3v) is 3.16. The molecule has 0 aliphatic carbocycles. The number of rotatable bonds is 4. The molecule has 3 nitrogen and oxygen atoms in total. The minimum atomic E-state index is -0.834. The van der Waals surface area contributed by atoms with E-state index in [0.717, 1.165) is 36.1 Å². The molecule has 0 aliphatic heterocycles. The number of hydrogen-bond donors (Lipinski definition) is 1. The molecule has 1 aromatic carbocycles. The van der Waals surface area contributed by atoms with Crippen molar-refractivity contribution in [2.45, 2.75) is 20.4 Å². The van der Waals surface area contributed by atoms with E-state index in [4.69, 9.17) is 0 Å². The van der Waals surface area contributed by atoms with Crippen molar-refractivity contribution in [1.29, 1.82) is 0 Å². The van der Waals surface area contributed by atoms with Gasteiger partial charge in [-0.25, -0.2) is 8.78 Å². The highest BCUT2D eigenvalue weighted by molar-refractivity contribution is 5.68. The Kier molecular flexibility index (Phi) is 3.95. The maximum absolute atomic E-state index is 13.3. The standard InChI is InChI=1S/C14H17F2N3/c1-9-14(10(2)19(18-9)7-6-17-3)11-4-5-12(15)13(16)8-11/h4-5,8,17H,6-7H2,1-3H3. The fourth-order valence-electron chi connectivity index (χ4n) is 2.20. The van der Waals surface area contributed by atoms with E-state index in [9.17, 15) is 8.78 Å². The van der Waals surface area contributed by atoms with Crippen molar-refractivity contribution in [3.8, 4) is 11.1 Å². The Morgan fingerprint density at radius 3 is 2.58 bits per heavy atom. The van der Waals surface area contributed by atoms with Crippen LogP contribution in [0, 0.1) is 25.5 Å². The van der Waals surface area contributed by atoms with E-state index in [1.54, 1.807) is 6.07 Å². The van der Waals surface area contributed by atoms with Gasteiger partial charge in [-0.05, 0) is 38.6 Å². The van der Waals surface area contributed by atoms with Gasteiger partial charge in [-0.2, -0.15) is 5.10 Å². The molecule has 0 fully saturated rings. The van der Waals surface area contributed by atoms with Crippen molar-refractivity contribution in [2.75, 3.05) is 13.6 Å². The van der Waals surface area contributed by atoms with Crippen LogP contribution in [0.5, 0.6) is 0 Å². The van der Waals surface area contributed by atoms with Gasteiger partial charge in [-0.15, -0.1) is 0 Å². The van der Waals surface area contributed by atoms with E-state index in [-0.39, 0.29) is 0 Å². The lowest BCUT2D eigenvalue weighted by Crippen LogP contribution is -2.16. The van der Waals surface area contributed by atoms with E-state index in [1.807, 2.05) is 25.6 Å². The predicted octanol–water partition coefficient (Wildman–Crippen LogP) is 2.66. The van der Waals surface area contributed by atoms with Gasteiger partial charge in [-0.1, -0.05) is 6.07 Å². The Morgan fingerprint density at radius 2 is 1.95 bits per heavy atom. The molecule has 0 saturated heterocycles. The summed E-state index contributed by atoms with van der Waals surface area (Å²) >= 11 is 0. The normalized spacial score (nSPS) is 11.0. The van der Waals surface area contributed by atoms with Crippen LogP contribution in [0.1, 0.15) is 11.4 Å². The number of benzene rings is 1. The van der Waals surface area contributed by atoms with Crippen LogP contribution in [0.15, 0.2) is 18.2 Å². The van der Waals surface area contributed by atoms with Crippen molar-refractivity contribution in [1.82, 2.24) is 15.1 Å². The number of nitrogens with zero attached hydrogens (tertiary/aromatic N) is 2. The van der Waals surface area contributed by atoms with Crippen molar-refractivity contribution in [2.24, 2.45) is 0 Å². The first-order valence-corrected chi connectivity index (χ1v) is 6.18. The molecule has 2 aromatic rings. The Balaban J connectivity index is 2.44. The Bertz CT molecular complexity index is 591. The zero-order valence-corrected chi connectivity index (χ0v) is 11.3. The van der Waals surface area contributed by atoms with E-state index < -0.39 is 11.6 Å². The van der Waals surface area contributed by atoms with Gasteiger partial charge in [-0.3, -0.25) is 4.68 Å². The van der Waals surface area contributed by atoms with Gasteiger partial charge in [0.25, 0.3) is 0 Å². The van der Waals surface area contributed by atoms with E-state index in [0.29, 0.717) is 5.56 Å². The molecule has 0 spiro atoms. The summed E-state index contributed by atoms with van der Waals surface area (Å²) < 4.78 is 28.2. The highest BCUT2D eigenvalue weighted by atomic mass is 19.2. The number of nitrogens with one attached hydrogen (secondary N) is 1. The molecule has 0 unspecified atom stereocenters. The average Bonchev–Trinajstić information content (AvgIpc) is 2.65. The quantitative estimate of drug-likeness (QED) is 0.921. The minimum absolute atomic E-state index is 0.657. The first-order chi connectivity index (χ1) is 9.04. The Labute approximate surface area is 111 Å². The molecular weight excluding hydrogens is 248 g/mol. The molecule has 1 heterocycles. The van der Waals surface area contributed by atoms with E-state index >= 15 is 0 Å². The van der Waals surface area contributed by atoms with Crippen molar-refractivity contribution < 1.29 is 8.78 Å². The summed E-state index contributed by atoms with van der Waals surface area (Å²) in [7, 11) is 1.88. The van der Waals surface area contributed by atoms with Crippen LogP contribution in [0.4, 0.5) is 8.78 Å². The SMILES string of the molecule is CNCCn1nc(C)c(-c2ccc(F)c(F)c2)c1C. The lowest BCUT2D eigenvalue weighted by molar-refractivity contribution is 0.509. The predicted molar refractivity (Wildman–Crippen MR) is 71.0 cm³/mol. The second-order valence-corrected chi connectivity index (χ2v) is 4.50. The first kappa shape index (κ1) is 13.7. The molecule has 0 atom stereocenters. The average molecular weight is 265 g/mol. The van der Waals surface area contributed by atoms with Crippen LogP contribution >= 0.6 is 0 Å². The van der Waals surface area contributed by atoms with Crippen molar-refractivity contribution in [3.63, 3.8) is 0 Å². The van der Waals surface area contributed by atoms with E-state index in [2.05, 4.69) is 10.4 Å². The maximum Gasteiger partial charge on any atom is 0.159 e. The molecule has 2 rings (SSSR count). The third-order valence-electron chi connectivity index (χ3n) is 3.16. The highest BCUT2D eigenvalue weighted by Crippen LogP contribution is 2.28. The van der Waals surface area contributed by atoms with Gasteiger partial charge in [0.15, 0.2) is 11.6 Å². The Morgan fingerprint density at radius 1 is 1.21 bits per heavy atom. The molecule has 19 heavy (non-hydrogen) atoms. The maximum atomic E-state index is 13.3. The van der Waals surface area contributed by atoms with Crippen LogP contribution in [-0.2, 0) is 6.54 Å².